The summed E-state index contributed by atoms with van der Waals surface area (Å²) in [7, 11) is 0. The number of nitrogens with one attached hydrogen (secondary N) is 1. The monoisotopic (exact) mass is 181 g/mol. The lowest BCUT2D eigenvalue weighted by atomic mass is 10.3. The molecule has 0 spiro atoms. The Morgan fingerprint density at radius 2 is 2.69 bits per heavy atom. The summed E-state index contributed by atoms with van der Waals surface area (Å²) in [5.41, 5.74) is 0.945. The van der Waals surface area contributed by atoms with E-state index in [0.29, 0.717) is 6.54 Å². The third-order valence-corrected chi connectivity index (χ3v) is 2.10. The molecule has 1 aliphatic rings. The lowest BCUT2D eigenvalue weighted by Crippen LogP contribution is -2.13. The molecule has 1 unspecified atom stereocenters. The molecule has 1 amide bonds. The van der Waals surface area contributed by atoms with Gasteiger partial charge >= 0.3 is 6.09 Å². The Kier molecular flexibility index (Phi) is 1.92. The van der Waals surface area contributed by atoms with E-state index in [1.165, 1.54) is 0 Å². The molecule has 1 N–H and O–H groups in total. The topological polar surface area (TPSA) is 56.2 Å². The van der Waals surface area contributed by atoms with Crippen LogP contribution in [0.15, 0.2) is 12.5 Å². The van der Waals surface area contributed by atoms with Gasteiger partial charge in [0, 0.05) is 6.54 Å². The summed E-state index contributed by atoms with van der Waals surface area (Å²) in [6, 6.07) is 0. The Morgan fingerprint density at radius 3 is 3.31 bits per heavy atom. The molecule has 5 heteroatoms. The van der Waals surface area contributed by atoms with E-state index in [0.717, 1.165) is 12.2 Å². The van der Waals surface area contributed by atoms with E-state index in [-0.39, 0.29) is 12.2 Å². The van der Waals surface area contributed by atoms with Crippen LogP contribution in [-0.2, 0) is 11.3 Å². The van der Waals surface area contributed by atoms with Gasteiger partial charge in [0.2, 0.25) is 0 Å². The first-order valence-corrected chi connectivity index (χ1v) is 4.25. The minimum absolute atomic E-state index is 0.185. The van der Waals surface area contributed by atoms with Crippen molar-refractivity contribution in [2.24, 2.45) is 0 Å². The summed E-state index contributed by atoms with van der Waals surface area (Å²) in [5.74, 6) is 0. The zero-order chi connectivity index (χ0) is 9.26. The molecule has 5 nitrogen and oxygen atoms in total. The van der Waals surface area contributed by atoms with Crippen LogP contribution >= 0.6 is 0 Å². The molecular formula is C8H11N3O2. The molecule has 1 aromatic heterocycles. The van der Waals surface area contributed by atoms with Crippen LogP contribution < -0.4 is 5.32 Å². The molecule has 1 fully saturated rings. The fourth-order valence-corrected chi connectivity index (χ4v) is 1.42. The SMILES string of the molecule is CCn1cncc1C1CNC(=O)O1. The Balaban J connectivity index is 2.20. The van der Waals surface area contributed by atoms with Crippen molar-refractivity contribution in [3.8, 4) is 0 Å². The van der Waals surface area contributed by atoms with E-state index in [1.807, 2.05) is 11.5 Å². The number of amides is 1. The van der Waals surface area contributed by atoms with Gasteiger partial charge in [0.1, 0.15) is 0 Å². The lowest BCUT2D eigenvalue weighted by Gasteiger charge is -2.09. The van der Waals surface area contributed by atoms with Gasteiger partial charge in [-0.15, -0.1) is 0 Å². The number of carbonyl (C=O) groups excluding carboxylic acids is 1. The second kappa shape index (κ2) is 3.08. The van der Waals surface area contributed by atoms with Gasteiger partial charge in [-0.3, -0.25) is 0 Å². The molecule has 2 heterocycles. The van der Waals surface area contributed by atoms with Crippen molar-refractivity contribution in [1.82, 2.24) is 14.9 Å². The van der Waals surface area contributed by atoms with Crippen LogP contribution in [0.1, 0.15) is 18.7 Å². The number of aryl methyl sites for hydroxylation is 1. The number of nitrogens with zero attached hydrogens (tertiary/aromatic N) is 2. The Bertz CT molecular complexity index is 321. The number of hydrogen-bond donors (Lipinski definition) is 1. The van der Waals surface area contributed by atoms with E-state index in [2.05, 4.69) is 10.3 Å². The van der Waals surface area contributed by atoms with Gasteiger partial charge in [-0.05, 0) is 6.92 Å². The first-order valence-electron chi connectivity index (χ1n) is 4.25. The molecule has 2 rings (SSSR count). The third kappa shape index (κ3) is 1.37. The molecule has 0 radical (unpaired) electrons. The summed E-state index contributed by atoms with van der Waals surface area (Å²) in [5, 5.41) is 2.61. The van der Waals surface area contributed by atoms with Crippen molar-refractivity contribution in [2.75, 3.05) is 6.54 Å². The highest BCUT2D eigenvalue weighted by Gasteiger charge is 2.26. The van der Waals surface area contributed by atoms with Gasteiger partial charge in [0.05, 0.1) is 24.8 Å². The molecule has 0 bridgehead atoms. The lowest BCUT2D eigenvalue weighted by molar-refractivity contribution is 0.137. The van der Waals surface area contributed by atoms with Crippen LogP contribution in [0.4, 0.5) is 4.79 Å². The predicted molar refractivity (Wildman–Crippen MR) is 45.1 cm³/mol. The van der Waals surface area contributed by atoms with Crippen LogP contribution in [-0.4, -0.2) is 22.2 Å². The molecule has 13 heavy (non-hydrogen) atoms. The molecular weight excluding hydrogens is 170 g/mol. The maximum Gasteiger partial charge on any atom is 0.408 e. The van der Waals surface area contributed by atoms with Crippen molar-refractivity contribution in [3.05, 3.63) is 18.2 Å². The van der Waals surface area contributed by atoms with Gasteiger partial charge in [-0.25, -0.2) is 9.78 Å². The summed E-state index contributed by atoms with van der Waals surface area (Å²) in [4.78, 5) is 14.8. The number of rotatable bonds is 2. The number of alkyl carbamates (subject to hydrolysis) is 1. The van der Waals surface area contributed by atoms with Crippen molar-refractivity contribution in [1.29, 1.82) is 0 Å². The first kappa shape index (κ1) is 8.10. The van der Waals surface area contributed by atoms with Crippen molar-refractivity contribution < 1.29 is 9.53 Å². The molecule has 0 saturated carbocycles. The highest BCUT2D eigenvalue weighted by Crippen LogP contribution is 2.19. The molecule has 1 saturated heterocycles. The van der Waals surface area contributed by atoms with E-state index in [4.69, 9.17) is 4.74 Å². The molecule has 1 aromatic rings. The van der Waals surface area contributed by atoms with E-state index in [9.17, 15) is 4.79 Å². The average molecular weight is 181 g/mol. The van der Waals surface area contributed by atoms with Gasteiger partial charge in [0.15, 0.2) is 6.10 Å². The number of cyclic esters (lactones) is 1. The number of ether oxygens (including phenoxy) is 1. The minimum atomic E-state index is -0.353. The van der Waals surface area contributed by atoms with Crippen molar-refractivity contribution in [2.45, 2.75) is 19.6 Å². The molecule has 0 aromatic carbocycles. The molecule has 0 aliphatic carbocycles. The van der Waals surface area contributed by atoms with Gasteiger partial charge in [-0.1, -0.05) is 0 Å². The van der Waals surface area contributed by atoms with Gasteiger partial charge in [0.25, 0.3) is 0 Å². The average Bonchev–Trinajstić information content (AvgIpc) is 2.71. The van der Waals surface area contributed by atoms with E-state index >= 15 is 0 Å². The molecule has 70 valence electrons. The second-order valence-corrected chi connectivity index (χ2v) is 2.88. The number of carbonyl (C=O) groups is 1. The predicted octanol–water partition coefficient (Wildman–Crippen LogP) is 0.684. The van der Waals surface area contributed by atoms with Gasteiger partial charge < -0.3 is 14.6 Å². The Hall–Kier alpha value is -1.52. The molecule has 1 atom stereocenters. The number of imidazole rings is 1. The number of hydrogen-bond acceptors (Lipinski definition) is 3. The summed E-state index contributed by atoms with van der Waals surface area (Å²) < 4.78 is 7.00. The molecule has 1 aliphatic heterocycles. The fraction of sp³-hybridized carbons (Fsp3) is 0.500. The standard InChI is InChI=1S/C8H11N3O2/c1-2-11-5-9-3-6(11)7-4-10-8(12)13-7/h3,5,7H,2,4H2,1H3,(H,10,12). The van der Waals surface area contributed by atoms with Crippen LogP contribution in [0.5, 0.6) is 0 Å². The summed E-state index contributed by atoms with van der Waals surface area (Å²) in [6.07, 6.45) is 2.93. The Labute approximate surface area is 75.7 Å². The quantitative estimate of drug-likeness (QED) is 0.730. The maximum absolute atomic E-state index is 10.8. The van der Waals surface area contributed by atoms with E-state index in [1.54, 1.807) is 12.5 Å². The first-order chi connectivity index (χ1) is 6.31. The summed E-state index contributed by atoms with van der Waals surface area (Å²) >= 11 is 0. The zero-order valence-electron chi connectivity index (χ0n) is 7.36. The smallest absolute Gasteiger partial charge is 0.408 e. The van der Waals surface area contributed by atoms with Crippen molar-refractivity contribution in [3.63, 3.8) is 0 Å². The minimum Gasteiger partial charge on any atom is -0.438 e. The van der Waals surface area contributed by atoms with Crippen LogP contribution in [0.2, 0.25) is 0 Å². The number of aromatic nitrogens is 2. The zero-order valence-corrected chi connectivity index (χ0v) is 7.36. The highest BCUT2D eigenvalue weighted by molar-refractivity contribution is 5.69. The maximum atomic E-state index is 10.8. The third-order valence-electron chi connectivity index (χ3n) is 2.10. The largest absolute Gasteiger partial charge is 0.438 e. The van der Waals surface area contributed by atoms with Gasteiger partial charge in [-0.2, -0.15) is 0 Å². The second-order valence-electron chi connectivity index (χ2n) is 2.88. The van der Waals surface area contributed by atoms with Crippen LogP contribution in [0, 0.1) is 0 Å². The van der Waals surface area contributed by atoms with Crippen LogP contribution in [0.25, 0.3) is 0 Å². The Morgan fingerprint density at radius 1 is 1.85 bits per heavy atom. The highest BCUT2D eigenvalue weighted by atomic mass is 16.6. The van der Waals surface area contributed by atoms with Crippen molar-refractivity contribution >= 4 is 6.09 Å². The van der Waals surface area contributed by atoms with Crippen LogP contribution in [0.3, 0.4) is 0 Å². The summed E-state index contributed by atoms with van der Waals surface area (Å²) in [6.45, 7) is 3.39. The van der Waals surface area contributed by atoms with E-state index < -0.39 is 0 Å². The fourth-order valence-electron chi connectivity index (χ4n) is 1.42. The normalized spacial score (nSPS) is 21.3.